The monoisotopic (exact) mass is 379 g/mol. The number of hydrazone groups is 1. The van der Waals surface area contributed by atoms with Crippen LogP contribution in [0.3, 0.4) is 0 Å². The number of amides is 1. The Hall–Kier alpha value is -3.81. The first-order chi connectivity index (χ1) is 13.5. The summed E-state index contributed by atoms with van der Waals surface area (Å²) in [5.74, 6) is -1.08. The fraction of sp³-hybridized carbons (Fsp3) is 0.150. The van der Waals surface area contributed by atoms with Gasteiger partial charge in [0.1, 0.15) is 0 Å². The van der Waals surface area contributed by atoms with Gasteiger partial charge in [-0.15, -0.1) is 0 Å². The third-order valence-corrected chi connectivity index (χ3v) is 4.05. The highest BCUT2D eigenvalue weighted by molar-refractivity contribution is 6.02. The summed E-state index contributed by atoms with van der Waals surface area (Å²) in [6.45, 7) is 0.0360. The number of nitrogens with zero attached hydrogens (tertiary/aromatic N) is 3. The zero-order valence-corrected chi connectivity index (χ0v) is 14.9. The van der Waals surface area contributed by atoms with Crippen LogP contribution in [0.5, 0.6) is 0 Å². The number of carbonyl (C=O) groups excluding carboxylic acids is 2. The summed E-state index contributed by atoms with van der Waals surface area (Å²) in [6.07, 6.45) is 3.26. The van der Waals surface area contributed by atoms with Crippen LogP contribution in [0.25, 0.3) is 6.08 Å². The Morgan fingerprint density at radius 2 is 1.86 bits per heavy atom. The molecule has 0 bridgehead atoms. The third-order valence-electron chi connectivity index (χ3n) is 4.05. The van der Waals surface area contributed by atoms with E-state index in [1.807, 2.05) is 30.3 Å². The van der Waals surface area contributed by atoms with Gasteiger partial charge in [-0.25, -0.2) is 9.80 Å². The van der Waals surface area contributed by atoms with Gasteiger partial charge in [-0.05, 0) is 29.3 Å². The van der Waals surface area contributed by atoms with Gasteiger partial charge in [-0.2, -0.15) is 5.10 Å². The van der Waals surface area contributed by atoms with Crippen LogP contribution in [0.1, 0.15) is 17.5 Å². The van der Waals surface area contributed by atoms with Gasteiger partial charge in [0, 0.05) is 24.6 Å². The molecule has 1 heterocycles. The topological polar surface area (TPSA) is 102 Å². The van der Waals surface area contributed by atoms with Crippen LogP contribution in [0.2, 0.25) is 0 Å². The van der Waals surface area contributed by atoms with Gasteiger partial charge in [-0.3, -0.25) is 14.9 Å². The molecule has 8 nitrogen and oxygen atoms in total. The summed E-state index contributed by atoms with van der Waals surface area (Å²) >= 11 is 0. The lowest BCUT2D eigenvalue weighted by atomic mass is 10.1. The first-order valence-electron chi connectivity index (χ1n) is 8.55. The summed E-state index contributed by atoms with van der Waals surface area (Å²) in [5.41, 5.74) is 2.34. The molecule has 0 aromatic heterocycles. The molecule has 3 rings (SSSR count). The normalized spacial score (nSPS) is 13.4. The number of hydrogen-bond donors (Lipinski definition) is 0. The molecule has 1 aliphatic rings. The van der Waals surface area contributed by atoms with E-state index in [1.165, 1.54) is 35.4 Å². The molecule has 2 aromatic rings. The van der Waals surface area contributed by atoms with Crippen LogP contribution in [-0.4, -0.2) is 40.7 Å². The predicted molar refractivity (Wildman–Crippen MR) is 102 cm³/mol. The van der Waals surface area contributed by atoms with E-state index in [1.54, 1.807) is 0 Å². The maximum atomic E-state index is 12.2. The molecule has 0 atom stereocenters. The Bertz CT molecular complexity index is 936. The number of esters is 1. The van der Waals surface area contributed by atoms with Crippen molar-refractivity contribution in [3.05, 3.63) is 81.9 Å². The van der Waals surface area contributed by atoms with E-state index in [0.29, 0.717) is 18.5 Å². The fourth-order valence-electron chi connectivity index (χ4n) is 2.60. The molecule has 0 aliphatic carbocycles. The lowest BCUT2D eigenvalue weighted by molar-refractivity contribution is -0.384. The molecule has 1 aliphatic heterocycles. The summed E-state index contributed by atoms with van der Waals surface area (Å²) < 4.78 is 4.95. The molecule has 0 saturated heterocycles. The average Bonchev–Trinajstić information content (AvgIpc) is 3.22. The number of carbonyl (C=O) groups is 2. The highest BCUT2D eigenvalue weighted by atomic mass is 16.6. The average molecular weight is 379 g/mol. The smallest absolute Gasteiger partial charge is 0.331 e. The van der Waals surface area contributed by atoms with Gasteiger partial charge >= 0.3 is 5.97 Å². The van der Waals surface area contributed by atoms with Gasteiger partial charge in [0.25, 0.3) is 11.6 Å². The summed E-state index contributed by atoms with van der Waals surface area (Å²) in [5, 5.41) is 16.2. The van der Waals surface area contributed by atoms with Crippen LogP contribution in [0, 0.1) is 10.1 Å². The molecule has 8 heteroatoms. The minimum absolute atomic E-state index is 0.0358. The predicted octanol–water partition coefficient (Wildman–Crippen LogP) is 2.79. The number of hydrogen-bond acceptors (Lipinski definition) is 6. The van der Waals surface area contributed by atoms with Gasteiger partial charge < -0.3 is 4.74 Å². The second kappa shape index (κ2) is 8.72. The molecule has 2 aromatic carbocycles. The van der Waals surface area contributed by atoms with Crippen molar-refractivity contribution in [2.24, 2.45) is 5.10 Å². The van der Waals surface area contributed by atoms with E-state index >= 15 is 0 Å². The number of nitro benzene ring substituents is 1. The van der Waals surface area contributed by atoms with Crippen molar-refractivity contribution >= 4 is 29.4 Å². The lowest BCUT2D eigenvalue weighted by Gasteiger charge is -2.10. The Morgan fingerprint density at radius 3 is 2.54 bits per heavy atom. The van der Waals surface area contributed by atoms with Crippen molar-refractivity contribution in [2.45, 2.75) is 6.42 Å². The van der Waals surface area contributed by atoms with E-state index in [0.717, 1.165) is 17.4 Å². The van der Waals surface area contributed by atoms with Crippen molar-refractivity contribution in [1.29, 1.82) is 0 Å². The van der Waals surface area contributed by atoms with Crippen LogP contribution in [0.15, 0.2) is 65.8 Å². The third kappa shape index (κ3) is 4.88. The van der Waals surface area contributed by atoms with Crippen LogP contribution >= 0.6 is 0 Å². The number of rotatable bonds is 6. The van der Waals surface area contributed by atoms with E-state index in [4.69, 9.17) is 4.74 Å². The molecule has 1 amide bonds. The van der Waals surface area contributed by atoms with Gasteiger partial charge in [-0.1, -0.05) is 30.3 Å². The zero-order chi connectivity index (χ0) is 19.9. The number of non-ortho nitro benzene ring substituents is 1. The largest absolute Gasteiger partial charge is 0.452 e. The number of nitro groups is 1. The quantitative estimate of drug-likeness (QED) is 0.332. The minimum atomic E-state index is -0.682. The second-order valence-electron chi connectivity index (χ2n) is 5.97. The summed E-state index contributed by atoms with van der Waals surface area (Å²) in [4.78, 5) is 34.0. The van der Waals surface area contributed by atoms with Crippen LogP contribution in [0.4, 0.5) is 5.69 Å². The highest BCUT2D eigenvalue weighted by Gasteiger charge is 2.22. The van der Waals surface area contributed by atoms with Crippen molar-refractivity contribution in [1.82, 2.24) is 5.01 Å². The summed E-state index contributed by atoms with van der Waals surface area (Å²) in [7, 11) is 0. The molecule has 0 spiro atoms. The molecule has 0 unspecified atom stereocenters. The van der Waals surface area contributed by atoms with Crippen molar-refractivity contribution in [2.75, 3.05) is 13.2 Å². The SMILES string of the molecule is O=C(/C=C/c1ccc([N+](=O)[O-])cc1)OCC(=O)N1CCC(c2ccccc2)=N1. The van der Waals surface area contributed by atoms with E-state index in [2.05, 4.69) is 5.10 Å². The van der Waals surface area contributed by atoms with Gasteiger partial charge in [0.05, 0.1) is 17.2 Å². The number of ether oxygens (including phenoxy) is 1. The first kappa shape index (κ1) is 19.0. The lowest BCUT2D eigenvalue weighted by Crippen LogP contribution is -2.28. The first-order valence-corrected chi connectivity index (χ1v) is 8.55. The fourth-order valence-corrected chi connectivity index (χ4v) is 2.60. The molecule has 0 radical (unpaired) electrons. The molecule has 28 heavy (non-hydrogen) atoms. The Morgan fingerprint density at radius 1 is 1.14 bits per heavy atom. The molecule has 0 saturated carbocycles. The minimum Gasteiger partial charge on any atom is -0.452 e. The maximum Gasteiger partial charge on any atom is 0.331 e. The Balaban J connectivity index is 1.50. The number of benzene rings is 2. The van der Waals surface area contributed by atoms with Gasteiger partial charge in [0.15, 0.2) is 6.61 Å². The Kier molecular flexibility index (Phi) is 5.91. The highest BCUT2D eigenvalue weighted by Crippen LogP contribution is 2.14. The van der Waals surface area contributed by atoms with E-state index in [9.17, 15) is 19.7 Å². The van der Waals surface area contributed by atoms with Crippen LogP contribution < -0.4 is 0 Å². The molecular weight excluding hydrogens is 362 g/mol. The zero-order valence-electron chi connectivity index (χ0n) is 14.9. The summed E-state index contributed by atoms with van der Waals surface area (Å²) in [6, 6.07) is 15.3. The van der Waals surface area contributed by atoms with Crippen molar-refractivity contribution in [3.63, 3.8) is 0 Å². The Labute approximate surface area is 160 Å². The standard InChI is InChI=1S/C20H17N3O5/c24-19(22-13-12-18(21-22)16-4-2-1-3-5-16)14-28-20(25)11-8-15-6-9-17(10-7-15)23(26)27/h1-11H,12-14H2/b11-8+. The van der Waals surface area contributed by atoms with Gasteiger partial charge in [0.2, 0.25) is 0 Å². The molecule has 0 fully saturated rings. The molecular formula is C20H17N3O5. The second-order valence-corrected chi connectivity index (χ2v) is 5.97. The van der Waals surface area contributed by atoms with E-state index < -0.39 is 23.4 Å². The van der Waals surface area contributed by atoms with E-state index in [-0.39, 0.29) is 5.69 Å². The maximum absolute atomic E-state index is 12.2. The van der Waals surface area contributed by atoms with Crippen molar-refractivity contribution in [3.8, 4) is 0 Å². The molecule has 0 N–H and O–H groups in total. The van der Waals surface area contributed by atoms with Crippen molar-refractivity contribution < 1.29 is 19.2 Å². The molecule has 142 valence electrons. The van der Waals surface area contributed by atoms with Crippen LogP contribution in [-0.2, 0) is 14.3 Å².